The lowest BCUT2D eigenvalue weighted by Gasteiger charge is -2.18. The number of hydrogen-bond donors (Lipinski definition) is 3. The number of imidazole rings is 1. The Hall–Kier alpha value is -1.54. The number of nitrogen functional groups attached to an aromatic ring is 1. The minimum Gasteiger partial charge on any atom is -0.382 e. The molecular formula is C11H16N5O4P. The molecule has 114 valence electrons. The summed E-state index contributed by atoms with van der Waals surface area (Å²) in [6, 6.07) is -0.0594. The molecule has 0 amide bonds. The summed E-state index contributed by atoms with van der Waals surface area (Å²) >= 11 is 0. The fraction of sp³-hybridized carbons (Fsp3) is 0.545. The maximum Gasteiger partial charge on any atom is 0.350 e. The van der Waals surface area contributed by atoms with Crippen LogP contribution in [0.5, 0.6) is 0 Å². The molecule has 2 aromatic rings. The van der Waals surface area contributed by atoms with Gasteiger partial charge in [0.15, 0.2) is 11.5 Å². The van der Waals surface area contributed by atoms with Crippen LogP contribution in [-0.4, -0.2) is 42.3 Å². The van der Waals surface area contributed by atoms with Gasteiger partial charge in [-0.15, -0.1) is 0 Å². The highest BCUT2D eigenvalue weighted by Crippen LogP contribution is 2.42. The Morgan fingerprint density at radius 3 is 2.86 bits per heavy atom. The summed E-state index contributed by atoms with van der Waals surface area (Å²) in [7, 11) is -4.16. The largest absolute Gasteiger partial charge is 0.382 e. The minimum absolute atomic E-state index is 0.0594. The first-order chi connectivity index (χ1) is 9.96. The highest BCUT2D eigenvalue weighted by atomic mass is 31.2. The predicted octanol–water partition coefficient (Wildman–Crippen LogP) is 0.511. The predicted molar refractivity (Wildman–Crippen MR) is 74.4 cm³/mol. The van der Waals surface area contributed by atoms with E-state index in [2.05, 4.69) is 15.0 Å². The number of anilines is 1. The topological polar surface area (TPSA) is 136 Å². The lowest BCUT2D eigenvalue weighted by atomic mass is 10.2. The molecule has 1 aliphatic carbocycles. The van der Waals surface area contributed by atoms with Crippen LogP contribution in [0.2, 0.25) is 0 Å². The van der Waals surface area contributed by atoms with E-state index in [0.29, 0.717) is 22.9 Å². The van der Waals surface area contributed by atoms with Gasteiger partial charge in [0.2, 0.25) is 0 Å². The zero-order chi connectivity index (χ0) is 15.0. The molecule has 0 radical (unpaired) electrons. The van der Waals surface area contributed by atoms with Crippen molar-refractivity contribution in [1.82, 2.24) is 19.5 Å². The molecule has 9 nitrogen and oxygen atoms in total. The van der Waals surface area contributed by atoms with Crippen LogP contribution < -0.4 is 5.73 Å². The van der Waals surface area contributed by atoms with Gasteiger partial charge in [0, 0.05) is 0 Å². The van der Waals surface area contributed by atoms with Gasteiger partial charge in [-0.3, -0.25) is 4.57 Å². The van der Waals surface area contributed by atoms with Crippen LogP contribution in [0.1, 0.15) is 18.9 Å². The van der Waals surface area contributed by atoms with E-state index in [-0.39, 0.29) is 12.6 Å². The van der Waals surface area contributed by atoms with Crippen LogP contribution in [0.25, 0.3) is 11.2 Å². The number of rotatable bonds is 6. The summed E-state index contributed by atoms with van der Waals surface area (Å²) in [5.74, 6) is 0.708. The van der Waals surface area contributed by atoms with Gasteiger partial charge in [0.05, 0.1) is 19.0 Å². The van der Waals surface area contributed by atoms with Gasteiger partial charge in [-0.05, 0) is 18.8 Å². The monoisotopic (exact) mass is 313 g/mol. The molecular weight excluding hydrogens is 297 g/mol. The lowest BCUT2D eigenvalue weighted by Crippen LogP contribution is -2.18. The average Bonchev–Trinajstić information content (AvgIpc) is 3.14. The van der Waals surface area contributed by atoms with Crippen LogP contribution in [-0.2, 0) is 9.30 Å². The molecule has 0 unspecified atom stereocenters. The second-order valence-electron chi connectivity index (χ2n) is 5.15. The fourth-order valence-corrected chi connectivity index (χ4v) is 2.67. The van der Waals surface area contributed by atoms with Crippen LogP contribution in [0.3, 0.4) is 0 Å². The molecule has 1 atom stereocenters. The SMILES string of the molecule is Nc1ncnc2c1ncn2[C@@H](COCP(=O)(O)O)C1CC1. The number of aromatic nitrogens is 4. The van der Waals surface area contributed by atoms with Crippen molar-refractivity contribution in [3.8, 4) is 0 Å². The molecule has 0 spiro atoms. The van der Waals surface area contributed by atoms with E-state index >= 15 is 0 Å². The summed E-state index contributed by atoms with van der Waals surface area (Å²) in [5, 5.41) is 0. The Morgan fingerprint density at radius 2 is 2.19 bits per heavy atom. The van der Waals surface area contributed by atoms with Crippen molar-refractivity contribution in [1.29, 1.82) is 0 Å². The molecule has 1 saturated carbocycles. The Balaban J connectivity index is 1.83. The van der Waals surface area contributed by atoms with Crippen LogP contribution in [0.4, 0.5) is 5.82 Å². The minimum atomic E-state index is -4.16. The molecule has 21 heavy (non-hydrogen) atoms. The second kappa shape index (κ2) is 5.34. The quantitative estimate of drug-likeness (QED) is 0.656. The van der Waals surface area contributed by atoms with Crippen molar-refractivity contribution in [2.75, 3.05) is 18.7 Å². The summed E-state index contributed by atoms with van der Waals surface area (Å²) < 4.78 is 17.9. The third-order valence-electron chi connectivity index (χ3n) is 3.46. The molecule has 0 aromatic carbocycles. The molecule has 0 aliphatic heterocycles. The zero-order valence-electron chi connectivity index (χ0n) is 11.2. The first-order valence-electron chi connectivity index (χ1n) is 6.51. The molecule has 1 aliphatic rings. The highest BCUT2D eigenvalue weighted by Gasteiger charge is 2.34. The summed E-state index contributed by atoms with van der Waals surface area (Å²) in [6.45, 7) is 0.200. The van der Waals surface area contributed by atoms with Crippen molar-refractivity contribution < 1.29 is 19.1 Å². The number of ether oxygens (including phenoxy) is 1. The fourth-order valence-electron chi connectivity index (χ4n) is 2.33. The molecule has 0 saturated heterocycles. The van der Waals surface area contributed by atoms with Crippen molar-refractivity contribution in [2.24, 2.45) is 5.92 Å². The van der Waals surface area contributed by atoms with Gasteiger partial charge in [-0.1, -0.05) is 0 Å². The summed E-state index contributed by atoms with van der Waals surface area (Å²) in [6.07, 6.45) is 4.50. The maximum atomic E-state index is 10.9. The molecule has 10 heteroatoms. The van der Waals surface area contributed by atoms with Gasteiger partial charge in [-0.2, -0.15) is 0 Å². The molecule has 1 fully saturated rings. The van der Waals surface area contributed by atoms with E-state index in [1.165, 1.54) is 6.33 Å². The normalized spacial score (nSPS) is 17.2. The van der Waals surface area contributed by atoms with Gasteiger partial charge < -0.3 is 24.8 Å². The van der Waals surface area contributed by atoms with E-state index in [1.54, 1.807) is 6.33 Å². The van der Waals surface area contributed by atoms with E-state index in [9.17, 15) is 4.57 Å². The maximum absolute atomic E-state index is 10.9. The van der Waals surface area contributed by atoms with Crippen molar-refractivity contribution >= 4 is 24.6 Å². The highest BCUT2D eigenvalue weighted by molar-refractivity contribution is 7.51. The van der Waals surface area contributed by atoms with Gasteiger partial charge in [0.25, 0.3) is 0 Å². The second-order valence-corrected chi connectivity index (χ2v) is 6.74. The number of nitrogens with two attached hydrogens (primary N) is 1. The number of nitrogens with zero attached hydrogens (tertiary/aromatic N) is 4. The van der Waals surface area contributed by atoms with Gasteiger partial charge in [0.1, 0.15) is 18.2 Å². The van der Waals surface area contributed by atoms with Crippen LogP contribution in [0, 0.1) is 5.92 Å². The third-order valence-corrected chi connectivity index (χ3v) is 3.98. The van der Waals surface area contributed by atoms with Gasteiger partial charge in [-0.25, -0.2) is 15.0 Å². The molecule has 0 bridgehead atoms. The Bertz CT molecular complexity index is 695. The number of hydrogen-bond acceptors (Lipinski definition) is 6. The first kappa shape index (κ1) is 14.4. The van der Waals surface area contributed by atoms with E-state index in [4.69, 9.17) is 20.3 Å². The Morgan fingerprint density at radius 1 is 1.43 bits per heavy atom. The number of fused-ring (bicyclic) bond motifs is 1. The summed E-state index contributed by atoms with van der Waals surface area (Å²) in [4.78, 5) is 30.0. The third kappa shape index (κ3) is 3.21. The van der Waals surface area contributed by atoms with E-state index in [0.717, 1.165) is 12.8 Å². The zero-order valence-corrected chi connectivity index (χ0v) is 12.1. The molecule has 4 N–H and O–H groups in total. The van der Waals surface area contributed by atoms with E-state index < -0.39 is 13.9 Å². The van der Waals surface area contributed by atoms with Gasteiger partial charge >= 0.3 is 7.60 Å². The van der Waals surface area contributed by atoms with E-state index in [1.807, 2.05) is 4.57 Å². The standard InChI is InChI=1S/C11H16N5O4P/c12-10-9-11(14-4-13-10)16(5-15-9)8(7-1-2-7)3-20-6-21(17,18)19/h4-5,7-8H,1-3,6H2,(H2,12,13,14)(H2,17,18,19)/t8-/m0/s1. The van der Waals surface area contributed by atoms with Crippen LogP contribution >= 0.6 is 7.60 Å². The Kier molecular flexibility index (Phi) is 3.66. The summed E-state index contributed by atoms with van der Waals surface area (Å²) in [5.41, 5.74) is 6.89. The van der Waals surface area contributed by atoms with Crippen molar-refractivity contribution in [2.45, 2.75) is 18.9 Å². The van der Waals surface area contributed by atoms with Crippen molar-refractivity contribution in [3.05, 3.63) is 12.7 Å². The molecule has 2 heterocycles. The Labute approximate surface area is 120 Å². The lowest BCUT2D eigenvalue weighted by molar-refractivity contribution is 0.117. The molecule has 3 rings (SSSR count). The van der Waals surface area contributed by atoms with Crippen LogP contribution in [0.15, 0.2) is 12.7 Å². The smallest absolute Gasteiger partial charge is 0.350 e. The van der Waals surface area contributed by atoms with Crippen molar-refractivity contribution in [3.63, 3.8) is 0 Å². The first-order valence-corrected chi connectivity index (χ1v) is 8.31. The molecule has 2 aromatic heterocycles. The average molecular weight is 313 g/mol.